The fraction of sp³-hybridized carbons (Fsp3) is 0.533. The minimum atomic E-state index is 0.258. The van der Waals surface area contributed by atoms with Crippen LogP contribution in [-0.2, 0) is 11.3 Å². The van der Waals surface area contributed by atoms with Crippen LogP contribution in [0.4, 0.5) is 0 Å². The third-order valence-corrected chi connectivity index (χ3v) is 3.48. The van der Waals surface area contributed by atoms with Crippen molar-refractivity contribution >= 4 is 5.91 Å². The highest BCUT2D eigenvalue weighted by Crippen LogP contribution is 2.17. The summed E-state index contributed by atoms with van der Waals surface area (Å²) >= 11 is 0. The molecular weight excluding hydrogens is 240 g/mol. The number of carbonyl (C=O) groups excluding carboxylic acids is 1. The number of carbonyl (C=O) groups is 1. The lowest BCUT2D eigenvalue weighted by Gasteiger charge is -2.21. The van der Waals surface area contributed by atoms with E-state index < -0.39 is 0 Å². The van der Waals surface area contributed by atoms with E-state index in [9.17, 15) is 4.79 Å². The molecule has 0 aromatic heterocycles. The quantitative estimate of drug-likeness (QED) is 0.882. The number of amides is 1. The number of rotatable bonds is 5. The fourth-order valence-corrected chi connectivity index (χ4v) is 2.35. The standard InChI is InChI=1S/C15H22N2O2/c16-12-13-6-3-4-7-14(13)19-11-10-17-9-5-1-2-8-15(17)18/h3-4,6-7H,1-2,5,8-12,16H2. The second kappa shape index (κ2) is 7.14. The molecule has 0 bridgehead atoms. The molecule has 4 nitrogen and oxygen atoms in total. The van der Waals surface area contributed by atoms with E-state index in [4.69, 9.17) is 10.5 Å². The van der Waals surface area contributed by atoms with E-state index in [1.165, 1.54) is 0 Å². The zero-order valence-electron chi connectivity index (χ0n) is 11.3. The molecule has 1 amide bonds. The molecule has 4 heteroatoms. The topological polar surface area (TPSA) is 55.6 Å². The van der Waals surface area contributed by atoms with E-state index >= 15 is 0 Å². The zero-order chi connectivity index (χ0) is 13.5. The molecule has 1 heterocycles. The predicted octanol–water partition coefficient (Wildman–Crippen LogP) is 1.93. The largest absolute Gasteiger partial charge is 0.491 e. The summed E-state index contributed by atoms with van der Waals surface area (Å²) in [6.07, 6.45) is 3.95. The second-order valence-electron chi connectivity index (χ2n) is 4.85. The molecule has 0 aliphatic carbocycles. The number of likely N-dealkylation sites (tertiary alicyclic amines) is 1. The summed E-state index contributed by atoms with van der Waals surface area (Å²) in [6.45, 7) is 2.53. The van der Waals surface area contributed by atoms with E-state index in [1.54, 1.807) is 0 Å². The Kier molecular flexibility index (Phi) is 5.21. The Bertz CT molecular complexity index is 420. The van der Waals surface area contributed by atoms with Gasteiger partial charge in [0.1, 0.15) is 12.4 Å². The maximum Gasteiger partial charge on any atom is 0.222 e. The van der Waals surface area contributed by atoms with E-state index in [0.29, 0.717) is 26.1 Å². The van der Waals surface area contributed by atoms with Gasteiger partial charge in [-0.2, -0.15) is 0 Å². The number of hydrogen-bond acceptors (Lipinski definition) is 3. The average Bonchev–Trinajstić information content (AvgIpc) is 2.64. The van der Waals surface area contributed by atoms with Gasteiger partial charge in [-0.15, -0.1) is 0 Å². The highest BCUT2D eigenvalue weighted by Gasteiger charge is 2.16. The van der Waals surface area contributed by atoms with Crippen LogP contribution in [0.2, 0.25) is 0 Å². The summed E-state index contributed by atoms with van der Waals surface area (Å²) in [5, 5.41) is 0. The monoisotopic (exact) mass is 262 g/mol. The van der Waals surface area contributed by atoms with Gasteiger partial charge < -0.3 is 15.4 Å². The van der Waals surface area contributed by atoms with Gasteiger partial charge in [0.15, 0.2) is 0 Å². The summed E-state index contributed by atoms with van der Waals surface area (Å²) in [6, 6.07) is 7.78. The van der Waals surface area contributed by atoms with Crippen LogP contribution >= 0.6 is 0 Å². The molecule has 19 heavy (non-hydrogen) atoms. The Morgan fingerprint density at radius 3 is 2.89 bits per heavy atom. The second-order valence-corrected chi connectivity index (χ2v) is 4.85. The van der Waals surface area contributed by atoms with Crippen LogP contribution in [0.3, 0.4) is 0 Å². The predicted molar refractivity (Wildman–Crippen MR) is 74.9 cm³/mol. The number of nitrogens with zero attached hydrogens (tertiary/aromatic N) is 1. The first-order chi connectivity index (χ1) is 9.31. The molecular formula is C15H22N2O2. The Balaban J connectivity index is 1.83. The molecule has 0 radical (unpaired) electrons. The molecule has 1 aliphatic heterocycles. The van der Waals surface area contributed by atoms with Crippen molar-refractivity contribution in [2.24, 2.45) is 5.73 Å². The van der Waals surface area contributed by atoms with Crippen LogP contribution in [0.5, 0.6) is 5.75 Å². The van der Waals surface area contributed by atoms with Crippen LogP contribution in [-0.4, -0.2) is 30.5 Å². The van der Waals surface area contributed by atoms with E-state index in [2.05, 4.69) is 0 Å². The van der Waals surface area contributed by atoms with Crippen molar-refractivity contribution in [3.05, 3.63) is 29.8 Å². The molecule has 1 fully saturated rings. The number of ether oxygens (including phenoxy) is 1. The third-order valence-electron chi connectivity index (χ3n) is 3.48. The van der Waals surface area contributed by atoms with E-state index in [-0.39, 0.29) is 5.91 Å². The van der Waals surface area contributed by atoms with Crippen LogP contribution < -0.4 is 10.5 Å². The number of para-hydroxylation sites is 1. The molecule has 1 saturated heterocycles. The molecule has 0 unspecified atom stereocenters. The van der Waals surface area contributed by atoms with Gasteiger partial charge in [-0.3, -0.25) is 4.79 Å². The Morgan fingerprint density at radius 1 is 1.21 bits per heavy atom. The molecule has 0 spiro atoms. The van der Waals surface area contributed by atoms with Crippen molar-refractivity contribution in [3.8, 4) is 5.75 Å². The molecule has 1 aromatic carbocycles. The maximum atomic E-state index is 11.8. The molecule has 1 aromatic rings. The zero-order valence-corrected chi connectivity index (χ0v) is 11.3. The Morgan fingerprint density at radius 2 is 2.05 bits per heavy atom. The van der Waals surface area contributed by atoms with Crippen LogP contribution in [0.1, 0.15) is 31.2 Å². The molecule has 0 saturated carbocycles. The SMILES string of the molecule is NCc1ccccc1OCCN1CCCCCC1=O. The third kappa shape index (κ3) is 3.96. The molecule has 0 atom stereocenters. The lowest BCUT2D eigenvalue weighted by atomic mass is 10.2. The van der Waals surface area contributed by atoms with Crippen LogP contribution in [0.15, 0.2) is 24.3 Å². The van der Waals surface area contributed by atoms with Crippen LogP contribution in [0.25, 0.3) is 0 Å². The van der Waals surface area contributed by atoms with Crippen molar-refractivity contribution in [3.63, 3.8) is 0 Å². The minimum absolute atomic E-state index is 0.258. The summed E-state index contributed by atoms with van der Waals surface area (Å²) in [4.78, 5) is 13.7. The van der Waals surface area contributed by atoms with E-state index in [0.717, 1.165) is 37.1 Å². The maximum absolute atomic E-state index is 11.8. The number of benzene rings is 1. The van der Waals surface area contributed by atoms with Gasteiger partial charge in [-0.25, -0.2) is 0 Å². The molecule has 1 aliphatic rings. The molecule has 104 valence electrons. The van der Waals surface area contributed by atoms with Gasteiger partial charge in [0, 0.05) is 25.1 Å². The van der Waals surface area contributed by atoms with Gasteiger partial charge >= 0.3 is 0 Å². The number of nitrogens with two attached hydrogens (primary N) is 1. The fourth-order valence-electron chi connectivity index (χ4n) is 2.35. The summed E-state index contributed by atoms with van der Waals surface area (Å²) in [5.74, 6) is 1.08. The summed E-state index contributed by atoms with van der Waals surface area (Å²) in [7, 11) is 0. The minimum Gasteiger partial charge on any atom is -0.491 e. The Hall–Kier alpha value is -1.55. The van der Waals surface area contributed by atoms with Crippen molar-refractivity contribution in [1.29, 1.82) is 0 Å². The summed E-state index contributed by atoms with van der Waals surface area (Å²) in [5.41, 5.74) is 6.67. The van der Waals surface area contributed by atoms with Gasteiger partial charge in [-0.1, -0.05) is 24.6 Å². The highest BCUT2D eigenvalue weighted by atomic mass is 16.5. The van der Waals surface area contributed by atoms with Gasteiger partial charge in [0.05, 0.1) is 6.54 Å². The van der Waals surface area contributed by atoms with Crippen molar-refractivity contribution in [2.45, 2.75) is 32.2 Å². The smallest absolute Gasteiger partial charge is 0.222 e. The van der Waals surface area contributed by atoms with Crippen molar-refractivity contribution < 1.29 is 9.53 Å². The van der Waals surface area contributed by atoms with Gasteiger partial charge in [0.25, 0.3) is 0 Å². The van der Waals surface area contributed by atoms with Gasteiger partial charge in [0.2, 0.25) is 5.91 Å². The normalized spacial score (nSPS) is 16.3. The number of hydrogen-bond donors (Lipinski definition) is 1. The lowest BCUT2D eigenvalue weighted by Crippen LogP contribution is -2.34. The van der Waals surface area contributed by atoms with E-state index in [1.807, 2.05) is 29.2 Å². The van der Waals surface area contributed by atoms with Crippen molar-refractivity contribution in [1.82, 2.24) is 4.90 Å². The molecule has 2 N–H and O–H groups in total. The molecule has 2 rings (SSSR count). The summed E-state index contributed by atoms with van der Waals surface area (Å²) < 4.78 is 5.75. The lowest BCUT2D eigenvalue weighted by molar-refractivity contribution is -0.131. The first-order valence-corrected chi connectivity index (χ1v) is 7.00. The first kappa shape index (κ1) is 13.9. The average molecular weight is 262 g/mol. The first-order valence-electron chi connectivity index (χ1n) is 7.00. The Labute approximate surface area is 114 Å². The highest BCUT2D eigenvalue weighted by molar-refractivity contribution is 5.76. The van der Waals surface area contributed by atoms with Gasteiger partial charge in [-0.05, 0) is 18.9 Å². The van der Waals surface area contributed by atoms with Crippen molar-refractivity contribution in [2.75, 3.05) is 19.7 Å². The van der Waals surface area contributed by atoms with Crippen LogP contribution in [0, 0.1) is 0 Å².